The summed E-state index contributed by atoms with van der Waals surface area (Å²) in [7, 11) is 0. The van der Waals surface area contributed by atoms with Gasteiger partial charge in [-0.15, -0.1) is 0 Å². The molecule has 0 aliphatic carbocycles. The Bertz CT molecular complexity index is 987. The van der Waals surface area contributed by atoms with Gasteiger partial charge in [0.2, 0.25) is 5.43 Å². The molecule has 1 unspecified atom stereocenters. The van der Waals surface area contributed by atoms with E-state index >= 15 is 0 Å². The number of aryl methyl sites for hydroxylation is 1. The number of aromatic nitrogens is 2. The summed E-state index contributed by atoms with van der Waals surface area (Å²) < 4.78 is 54.2. The Morgan fingerprint density at radius 2 is 2.11 bits per heavy atom. The fraction of sp³-hybridized carbons (Fsp3) is 0.438. The quantitative estimate of drug-likeness (QED) is 0.776. The average Bonchev–Trinajstić information content (AvgIpc) is 2.97. The van der Waals surface area contributed by atoms with Crippen LogP contribution in [0.1, 0.15) is 22.3 Å². The highest BCUT2D eigenvalue weighted by molar-refractivity contribution is 5.93. The van der Waals surface area contributed by atoms with Crippen molar-refractivity contribution >= 4 is 22.8 Å². The third-order valence-electron chi connectivity index (χ3n) is 4.47. The lowest BCUT2D eigenvalue weighted by Crippen LogP contribution is -2.29. The molecule has 0 spiro atoms. The van der Waals surface area contributed by atoms with Crippen molar-refractivity contribution in [2.45, 2.75) is 32.1 Å². The number of alkyl halides is 3. The van der Waals surface area contributed by atoms with Crippen LogP contribution >= 0.6 is 0 Å². The Morgan fingerprint density at radius 3 is 2.63 bits per heavy atom. The highest BCUT2D eigenvalue weighted by Gasteiger charge is 2.32. The first kappa shape index (κ1) is 19.1. The first-order valence-corrected chi connectivity index (χ1v) is 8.03. The number of carboxylic acid groups (broad SMARTS) is 1. The van der Waals surface area contributed by atoms with Gasteiger partial charge in [-0.05, 0) is 13.3 Å². The Hall–Kier alpha value is -2.69. The minimum absolute atomic E-state index is 0.202. The molecule has 27 heavy (non-hydrogen) atoms. The van der Waals surface area contributed by atoms with Gasteiger partial charge in [-0.25, -0.2) is 14.2 Å². The van der Waals surface area contributed by atoms with Crippen LogP contribution in [-0.2, 0) is 6.54 Å². The summed E-state index contributed by atoms with van der Waals surface area (Å²) in [6, 6.07) is -0.228. The van der Waals surface area contributed by atoms with E-state index in [4.69, 9.17) is 10.8 Å². The summed E-state index contributed by atoms with van der Waals surface area (Å²) in [5.41, 5.74) is 3.16. The molecule has 146 valence electrons. The molecule has 11 heteroatoms. The van der Waals surface area contributed by atoms with Crippen LogP contribution in [0.25, 0.3) is 11.0 Å². The van der Waals surface area contributed by atoms with E-state index in [-0.39, 0.29) is 24.0 Å². The minimum Gasteiger partial charge on any atom is -0.477 e. The summed E-state index contributed by atoms with van der Waals surface area (Å²) in [5, 5.41) is 8.65. The van der Waals surface area contributed by atoms with Gasteiger partial charge in [0.1, 0.15) is 17.8 Å². The molecule has 0 radical (unpaired) electrons. The molecule has 1 aliphatic rings. The van der Waals surface area contributed by atoms with Gasteiger partial charge < -0.3 is 20.3 Å². The molecule has 1 saturated heterocycles. The Labute approximate surface area is 150 Å². The Balaban J connectivity index is 2.34. The number of carboxylic acids is 1. The molecule has 0 saturated carbocycles. The number of halogens is 4. The molecular formula is C16H16F4N4O3. The zero-order valence-corrected chi connectivity index (χ0v) is 14.2. The van der Waals surface area contributed by atoms with E-state index in [2.05, 4.69) is 4.98 Å². The summed E-state index contributed by atoms with van der Waals surface area (Å²) in [5.74, 6) is -2.78. The van der Waals surface area contributed by atoms with E-state index in [0.717, 1.165) is 0 Å². The number of anilines is 1. The van der Waals surface area contributed by atoms with Crippen molar-refractivity contribution in [3.63, 3.8) is 0 Å². The molecule has 2 aromatic rings. The van der Waals surface area contributed by atoms with Gasteiger partial charge in [-0.2, -0.15) is 13.2 Å². The number of nitrogens with two attached hydrogens (primary N) is 1. The van der Waals surface area contributed by atoms with E-state index in [0.29, 0.717) is 23.7 Å². The van der Waals surface area contributed by atoms with Crippen LogP contribution in [0.15, 0.2) is 11.0 Å². The number of aromatic carboxylic acids is 1. The lowest BCUT2D eigenvalue weighted by molar-refractivity contribution is -0.140. The molecule has 7 nitrogen and oxygen atoms in total. The minimum atomic E-state index is -4.70. The van der Waals surface area contributed by atoms with Crippen LogP contribution in [0.4, 0.5) is 23.4 Å². The largest absolute Gasteiger partial charge is 0.477 e. The fourth-order valence-electron chi connectivity index (χ4n) is 3.20. The van der Waals surface area contributed by atoms with Gasteiger partial charge in [0.15, 0.2) is 11.6 Å². The SMILES string of the molecule is Cc1c(F)c(N2CCC(N)C2)nc2c1c(=O)c(C(=O)O)cn2CC(F)(F)F. The van der Waals surface area contributed by atoms with E-state index in [9.17, 15) is 27.2 Å². The summed E-state index contributed by atoms with van der Waals surface area (Å²) in [6.45, 7) is 0.281. The first-order chi connectivity index (χ1) is 12.5. The van der Waals surface area contributed by atoms with Gasteiger partial charge >= 0.3 is 12.1 Å². The number of hydrogen-bond acceptors (Lipinski definition) is 5. The topological polar surface area (TPSA) is 101 Å². The lowest BCUT2D eigenvalue weighted by Gasteiger charge is -2.21. The summed E-state index contributed by atoms with van der Waals surface area (Å²) >= 11 is 0. The predicted molar refractivity (Wildman–Crippen MR) is 88.5 cm³/mol. The van der Waals surface area contributed by atoms with Gasteiger partial charge in [0.05, 0.1) is 5.39 Å². The molecule has 3 heterocycles. The van der Waals surface area contributed by atoms with E-state index in [1.807, 2.05) is 0 Å². The van der Waals surface area contributed by atoms with Gasteiger partial charge in [-0.1, -0.05) is 0 Å². The van der Waals surface area contributed by atoms with Crippen LogP contribution < -0.4 is 16.1 Å². The second-order valence-corrected chi connectivity index (χ2v) is 6.49. The maximum Gasteiger partial charge on any atom is 0.406 e. The standard InChI is InChI=1S/C16H16F4N4O3/c1-7-10-12(25)9(15(26)27)5-24(6-16(18,19)20)13(10)22-14(11(7)17)23-3-2-8(21)4-23/h5,8H,2-4,6,21H2,1H3,(H,26,27). The van der Waals surface area contributed by atoms with Crippen LogP contribution in [0.2, 0.25) is 0 Å². The van der Waals surface area contributed by atoms with Crippen LogP contribution in [0.5, 0.6) is 0 Å². The first-order valence-electron chi connectivity index (χ1n) is 8.03. The maximum absolute atomic E-state index is 14.8. The summed E-state index contributed by atoms with van der Waals surface area (Å²) in [6.07, 6.45) is -3.55. The van der Waals surface area contributed by atoms with Crippen molar-refractivity contribution in [2.75, 3.05) is 18.0 Å². The number of fused-ring (bicyclic) bond motifs is 1. The number of carbonyl (C=O) groups is 1. The van der Waals surface area contributed by atoms with Gasteiger partial charge in [-0.3, -0.25) is 4.79 Å². The Morgan fingerprint density at radius 1 is 1.44 bits per heavy atom. The van der Waals surface area contributed by atoms with Crippen molar-refractivity contribution < 1.29 is 27.5 Å². The second-order valence-electron chi connectivity index (χ2n) is 6.49. The number of pyridine rings is 2. The van der Waals surface area contributed by atoms with Crippen molar-refractivity contribution in [3.8, 4) is 0 Å². The zero-order valence-electron chi connectivity index (χ0n) is 14.2. The Kier molecular flexibility index (Phi) is 4.58. The molecular weight excluding hydrogens is 372 g/mol. The third-order valence-corrected chi connectivity index (χ3v) is 4.47. The van der Waals surface area contributed by atoms with Crippen LogP contribution in [-0.4, -0.2) is 45.9 Å². The van der Waals surface area contributed by atoms with Crippen molar-refractivity contribution in [1.29, 1.82) is 0 Å². The zero-order chi connectivity index (χ0) is 20.1. The van der Waals surface area contributed by atoms with E-state index in [1.165, 1.54) is 11.8 Å². The van der Waals surface area contributed by atoms with Gasteiger partial charge in [0, 0.05) is 30.9 Å². The second kappa shape index (κ2) is 6.48. The fourth-order valence-corrected chi connectivity index (χ4v) is 3.20. The molecule has 1 aliphatic heterocycles. The van der Waals surface area contributed by atoms with Crippen LogP contribution in [0.3, 0.4) is 0 Å². The molecule has 1 fully saturated rings. The van der Waals surface area contributed by atoms with Crippen LogP contribution in [0, 0.1) is 12.7 Å². The van der Waals surface area contributed by atoms with Crippen molar-refractivity contribution in [3.05, 3.63) is 33.4 Å². The highest BCUT2D eigenvalue weighted by atomic mass is 19.4. The smallest absolute Gasteiger partial charge is 0.406 e. The highest BCUT2D eigenvalue weighted by Crippen LogP contribution is 2.29. The maximum atomic E-state index is 14.8. The van der Waals surface area contributed by atoms with Crippen molar-refractivity contribution in [1.82, 2.24) is 9.55 Å². The van der Waals surface area contributed by atoms with Gasteiger partial charge in [0.25, 0.3) is 0 Å². The molecule has 0 bridgehead atoms. The monoisotopic (exact) mass is 388 g/mol. The molecule has 0 aromatic carbocycles. The number of rotatable bonds is 3. The van der Waals surface area contributed by atoms with E-state index < -0.39 is 46.5 Å². The van der Waals surface area contributed by atoms with Crippen molar-refractivity contribution in [2.24, 2.45) is 5.73 Å². The number of nitrogens with zero attached hydrogens (tertiary/aromatic N) is 3. The third kappa shape index (κ3) is 3.46. The molecule has 2 aromatic heterocycles. The number of hydrogen-bond donors (Lipinski definition) is 2. The molecule has 3 rings (SSSR count). The average molecular weight is 388 g/mol. The lowest BCUT2D eigenvalue weighted by atomic mass is 10.1. The van der Waals surface area contributed by atoms with E-state index in [1.54, 1.807) is 0 Å². The predicted octanol–water partition coefficient (Wildman–Crippen LogP) is 1.64. The summed E-state index contributed by atoms with van der Waals surface area (Å²) in [4.78, 5) is 29.2. The molecule has 1 atom stereocenters. The molecule has 3 N–H and O–H groups in total. The normalized spacial score (nSPS) is 17.7. The molecule has 0 amide bonds.